The van der Waals surface area contributed by atoms with Crippen molar-refractivity contribution in [2.45, 2.75) is 5.16 Å². The maximum absolute atomic E-state index is 5.28. The second-order valence-corrected chi connectivity index (χ2v) is 6.67. The van der Waals surface area contributed by atoms with Gasteiger partial charge in [0.15, 0.2) is 11.0 Å². The third-order valence-electron chi connectivity index (χ3n) is 4.12. The molecule has 0 aliphatic rings. The van der Waals surface area contributed by atoms with Crippen LogP contribution in [0.2, 0.25) is 0 Å². The highest BCUT2D eigenvalue weighted by Gasteiger charge is 2.18. The van der Waals surface area contributed by atoms with Crippen LogP contribution in [0.15, 0.2) is 72.5 Å². The number of hydrogen-bond donors (Lipinski definition) is 1. The van der Waals surface area contributed by atoms with E-state index in [0.29, 0.717) is 0 Å². The summed E-state index contributed by atoms with van der Waals surface area (Å²) in [5.74, 6) is 2.39. The summed E-state index contributed by atoms with van der Waals surface area (Å²) in [6.07, 6.45) is 3.85. The van der Waals surface area contributed by atoms with Crippen LogP contribution in [0, 0.1) is 0 Å². The molecule has 0 amide bonds. The lowest BCUT2D eigenvalue weighted by atomic mass is 10.1. The van der Waals surface area contributed by atoms with Crippen molar-refractivity contribution < 1.29 is 4.74 Å². The van der Waals surface area contributed by atoms with E-state index >= 15 is 0 Å². The minimum absolute atomic E-state index is 0.766. The van der Waals surface area contributed by atoms with E-state index in [0.717, 1.165) is 44.6 Å². The van der Waals surface area contributed by atoms with Crippen LogP contribution in [0.5, 0.6) is 5.75 Å². The number of ether oxygens (including phenoxy) is 1. The molecule has 4 rings (SSSR count). The van der Waals surface area contributed by atoms with Crippen LogP contribution in [0.25, 0.3) is 28.0 Å². The number of benzene rings is 2. The summed E-state index contributed by atoms with van der Waals surface area (Å²) in [5.41, 5.74) is 3.09. The molecule has 6 heteroatoms. The first kappa shape index (κ1) is 16.5. The Morgan fingerprint density at radius 3 is 2.73 bits per heavy atom. The van der Waals surface area contributed by atoms with E-state index in [9.17, 15) is 0 Å². The van der Waals surface area contributed by atoms with Gasteiger partial charge in [0, 0.05) is 34.1 Å². The minimum atomic E-state index is 0.766. The van der Waals surface area contributed by atoms with Gasteiger partial charge in [-0.15, -0.1) is 16.8 Å². The van der Waals surface area contributed by atoms with Gasteiger partial charge in [0.25, 0.3) is 0 Å². The summed E-state index contributed by atoms with van der Waals surface area (Å²) in [6, 6.07) is 16.1. The Morgan fingerprint density at radius 2 is 1.96 bits per heavy atom. The normalized spacial score (nSPS) is 11.0. The lowest BCUT2D eigenvalue weighted by Crippen LogP contribution is -1.99. The molecule has 26 heavy (non-hydrogen) atoms. The first-order valence-electron chi connectivity index (χ1n) is 8.22. The van der Waals surface area contributed by atoms with Crippen molar-refractivity contribution in [2.75, 3.05) is 12.9 Å². The Kier molecular flexibility index (Phi) is 4.50. The van der Waals surface area contributed by atoms with E-state index in [2.05, 4.69) is 38.5 Å². The molecule has 4 aromatic rings. The number of nitrogens with zero attached hydrogens (tertiary/aromatic N) is 3. The molecule has 2 aromatic carbocycles. The molecule has 0 bridgehead atoms. The fourth-order valence-corrected chi connectivity index (χ4v) is 3.58. The maximum atomic E-state index is 5.28. The van der Waals surface area contributed by atoms with Gasteiger partial charge in [-0.25, -0.2) is 0 Å². The van der Waals surface area contributed by atoms with Crippen LogP contribution >= 0.6 is 11.8 Å². The van der Waals surface area contributed by atoms with Crippen LogP contribution < -0.4 is 4.74 Å². The van der Waals surface area contributed by atoms with Crippen molar-refractivity contribution in [1.82, 2.24) is 19.7 Å². The number of rotatable bonds is 6. The van der Waals surface area contributed by atoms with Gasteiger partial charge in [0.2, 0.25) is 0 Å². The zero-order valence-corrected chi connectivity index (χ0v) is 15.2. The SMILES string of the molecule is C=CCSc1nnc(-c2c[nH]c3ccccc23)n1-c1ccc(OC)cc1. The largest absolute Gasteiger partial charge is 0.497 e. The molecule has 5 nitrogen and oxygen atoms in total. The molecular formula is C20H18N4OS. The van der Waals surface area contributed by atoms with Crippen molar-refractivity contribution in [3.8, 4) is 22.8 Å². The second-order valence-electron chi connectivity index (χ2n) is 5.69. The Morgan fingerprint density at radius 1 is 1.15 bits per heavy atom. The van der Waals surface area contributed by atoms with Crippen LogP contribution in [-0.4, -0.2) is 32.6 Å². The molecule has 130 valence electrons. The lowest BCUT2D eigenvalue weighted by Gasteiger charge is -2.10. The topological polar surface area (TPSA) is 55.7 Å². The van der Waals surface area contributed by atoms with E-state index in [1.54, 1.807) is 18.9 Å². The number of thioether (sulfide) groups is 1. The number of aromatic nitrogens is 4. The summed E-state index contributed by atoms with van der Waals surface area (Å²) in [4.78, 5) is 3.31. The molecule has 0 saturated carbocycles. The van der Waals surface area contributed by atoms with Gasteiger partial charge >= 0.3 is 0 Å². The van der Waals surface area contributed by atoms with Gasteiger partial charge in [0.05, 0.1) is 7.11 Å². The van der Waals surface area contributed by atoms with E-state index in [4.69, 9.17) is 4.74 Å². The third-order valence-corrected chi connectivity index (χ3v) is 5.05. The molecule has 0 atom stereocenters. The highest BCUT2D eigenvalue weighted by Crippen LogP contribution is 2.32. The average molecular weight is 362 g/mol. The highest BCUT2D eigenvalue weighted by atomic mass is 32.2. The lowest BCUT2D eigenvalue weighted by molar-refractivity contribution is 0.414. The summed E-state index contributed by atoms with van der Waals surface area (Å²) >= 11 is 1.61. The van der Waals surface area contributed by atoms with Gasteiger partial charge in [0.1, 0.15) is 5.75 Å². The number of nitrogens with one attached hydrogen (secondary N) is 1. The quantitative estimate of drug-likeness (QED) is 0.399. The highest BCUT2D eigenvalue weighted by molar-refractivity contribution is 7.99. The number of methoxy groups -OCH3 is 1. The molecule has 0 saturated heterocycles. The molecule has 0 radical (unpaired) electrons. The van der Waals surface area contributed by atoms with Crippen molar-refractivity contribution in [2.24, 2.45) is 0 Å². The van der Waals surface area contributed by atoms with Crippen LogP contribution in [-0.2, 0) is 0 Å². The van der Waals surface area contributed by atoms with E-state index in [-0.39, 0.29) is 0 Å². The fraction of sp³-hybridized carbons (Fsp3) is 0.100. The smallest absolute Gasteiger partial charge is 0.196 e. The Balaban J connectivity index is 1.89. The van der Waals surface area contributed by atoms with E-state index in [1.807, 2.05) is 48.7 Å². The molecule has 0 spiro atoms. The Hall–Kier alpha value is -2.99. The summed E-state index contributed by atoms with van der Waals surface area (Å²) in [5, 5.41) is 10.9. The van der Waals surface area contributed by atoms with E-state index in [1.165, 1.54) is 0 Å². The molecule has 0 fully saturated rings. The third kappa shape index (κ3) is 2.88. The van der Waals surface area contributed by atoms with Gasteiger partial charge in [-0.2, -0.15) is 0 Å². The van der Waals surface area contributed by atoms with Crippen molar-refractivity contribution in [3.63, 3.8) is 0 Å². The van der Waals surface area contributed by atoms with Gasteiger partial charge in [-0.3, -0.25) is 4.57 Å². The summed E-state index contributed by atoms with van der Waals surface area (Å²) in [7, 11) is 1.66. The number of H-pyrrole nitrogens is 1. The first-order chi connectivity index (χ1) is 12.8. The van der Waals surface area contributed by atoms with E-state index < -0.39 is 0 Å². The van der Waals surface area contributed by atoms with Crippen molar-refractivity contribution >= 4 is 22.7 Å². The first-order valence-corrected chi connectivity index (χ1v) is 9.20. The zero-order valence-electron chi connectivity index (χ0n) is 14.3. The standard InChI is InChI=1S/C20H18N4OS/c1-3-12-26-20-23-22-19(17-13-21-18-7-5-4-6-16(17)18)24(20)14-8-10-15(25-2)11-9-14/h3-11,13,21H,1,12H2,2H3. The van der Waals surface area contributed by atoms with Gasteiger partial charge < -0.3 is 9.72 Å². The van der Waals surface area contributed by atoms with Gasteiger partial charge in [-0.05, 0) is 30.3 Å². The van der Waals surface area contributed by atoms with Gasteiger partial charge in [-0.1, -0.05) is 36.0 Å². The molecular weight excluding hydrogens is 344 g/mol. The number of para-hydroxylation sites is 1. The molecule has 0 aliphatic carbocycles. The van der Waals surface area contributed by atoms with Crippen LogP contribution in [0.1, 0.15) is 0 Å². The zero-order chi connectivity index (χ0) is 17.9. The predicted octanol–water partition coefficient (Wildman–Crippen LogP) is 4.70. The second kappa shape index (κ2) is 7.09. The summed E-state index contributed by atoms with van der Waals surface area (Å²) < 4.78 is 7.35. The monoisotopic (exact) mass is 362 g/mol. The Labute approximate surface area is 155 Å². The maximum Gasteiger partial charge on any atom is 0.196 e. The Bertz CT molecular complexity index is 1050. The number of aromatic amines is 1. The molecule has 2 aromatic heterocycles. The number of fused-ring (bicyclic) bond motifs is 1. The van der Waals surface area contributed by atoms with Crippen molar-refractivity contribution in [3.05, 3.63) is 67.4 Å². The summed E-state index contributed by atoms with van der Waals surface area (Å²) in [6.45, 7) is 3.80. The molecule has 0 aliphatic heterocycles. The fourth-order valence-electron chi connectivity index (χ4n) is 2.89. The van der Waals surface area contributed by atoms with Crippen molar-refractivity contribution in [1.29, 1.82) is 0 Å². The molecule has 1 N–H and O–H groups in total. The minimum Gasteiger partial charge on any atom is -0.497 e. The predicted molar refractivity (Wildman–Crippen MR) is 106 cm³/mol. The van der Waals surface area contributed by atoms with Crippen LogP contribution in [0.3, 0.4) is 0 Å². The molecule has 0 unspecified atom stereocenters. The average Bonchev–Trinajstić information content (AvgIpc) is 3.30. The van der Waals surface area contributed by atoms with Crippen LogP contribution in [0.4, 0.5) is 0 Å². The number of hydrogen-bond acceptors (Lipinski definition) is 4. The molecule has 2 heterocycles.